The van der Waals surface area contributed by atoms with Crippen molar-refractivity contribution in [3.8, 4) is 5.75 Å². The van der Waals surface area contributed by atoms with Crippen LogP contribution in [0.3, 0.4) is 0 Å². The van der Waals surface area contributed by atoms with Gasteiger partial charge in [0, 0.05) is 6.54 Å². The number of rotatable bonds is 0. The van der Waals surface area contributed by atoms with Crippen LogP contribution >= 0.6 is 0 Å². The number of hydrogen-bond donors (Lipinski definition) is 1. The number of fused-ring (bicyclic) bond motifs is 6. The first kappa shape index (κ1) is 20.8. The number of nitrogens with zero attached hydrogens (tertiary/aromatic N) is 1. The molecule has 2 amide bonds. The van der Waals surface area contributed by atoms with Gasteiger partial charge in [0.05, 0.1) is 43.9 Å². The summed E-state index contributed by atoms with van der Waals surface area (Å²) >= 11 is 0. The Morgan fingerprint density at radius 1 is 1.10 bits per heavy atom. The molecule has 7 nitrogen and oxygen atoms in total. The van der Waals surface area contributed by atoms with Gasteiger partial charge in [-0.3, -0.25) is 9.59 Å². The van der Waals surface area contributed by atoms with E-state index < -0.39 is 5.54 Å². The van der Waals surface area contributed by atoms with Gasteiger partial charge >= 0.3 is 0 Å². The number of benzene rings is 1. The van der Waals surface area contributed by atoms with Gasteiger partial charge in [-0.25, -0.2) is 0 Å². The van der Waals surface area contributed by atoms with Crippen LogP contribution in [-0.4, -0.2) is 67.4 Å². The number of nitrogens with one attached hydrogen (secondary N) is 1. The molecule has 7 heteroatoms. The van der Waals surface area contributed by atoms with Crippen LogP contribution in [0.1, 0.15) is 56.4 Å². The molecule has 1 aliphatic carbocycles. The standard InChI is InChI=1S/C24H32N2O5/c27-22-15-29-16-24(25-22)11-3-12-26-21(24)14-31-18-8-6-17(7-9-18)19-4-1-2-5-20(19)30-13-10-23(26)28/h1-2,4-5,17-18,21H,3,6-16H2,(H,25,27)/t17-,18+,21-,24?/m0/s1. The van der Waals surface area contributed by atoms with Crippen LogP contribution in [0, 0.1) is 0 Å². The highest BCUT2D eigenvalue weighted by Crippen LogP contribution is 2.39. The summed E-state index contributed by atoms with van der Waals surface area (Å²) in [6.07, 6.45) is 6.26. The first-order valence-electron chi connectivity index (χ1n) is 11.7. The second kappa shape index (κ2) is 8.79. The van der Waals surface area contributed by atoms with E-state index in [1.165, 1.54) is 5.56 Å². The molecule has 4 aliphatic heterocycles. The molecule has 1 unspecified atom stereocenters. The van der Waals surface area contributed by atoms with E-state index in [9.17, 15) is 9.59 Å². The van der Waals surface area contributed by atoms with Crippen LogP contribution in [-0.2, 0) is 19.1 Å². The Morgan fingerprint density at radius 3 is 2.77 bits per heavy atom. The third kappa shape index (κ3) is 4.17. The van der Waals surface area contributed by atoms with E-state index in [2.05, 4.69) is 17.4 Å². The van der Waals surface area contributed by atoms with Gasteiger partial charge in [-0.05, 0) is 56.1 Å². The van der Waals surface area contributed by atoms with Gasteiger partial charge in [0.2, 0.25) is 11.8 Å². The molecule has 2 saturated heterocycles. The van der Waals surface area contributed by atoms with E-state index in [1.807, 2.05) is 17.0 Å². The average molecular weight is 429 g/mol. The highest BCUT2D eigenvalue weighted by Gasteiger charge is 2.49. The molecule has 0 radical (unpaired) electrons. The third-order valence-corrected chi connectivity index (χ3v) is 7.43. The maximum Gasteiger partial charge on any atom is 0.246 e. The number of morpholine rings is 1. The van der Waals surface area contributed by atoms with Gasteiger partial charge in [-0.15, -0.1) is 0 Å². The zero-order valence-electron chi connectivity index (χ0n) is 18.0. The van der Waals surface area contributed by atoms with Crippen LogP contribution in [0.4, 0.5) is 0 Å². The molecule has 2 atom stereocenters. The minimum absolute atomic E-state index is 0.0483. The molecule has 2 bridgehead atoms. The molecule has 4 heterocycles. The van der Waals surface area contributed by atoms with Gasteiger partial charge in [-0.1, -0.05) is 18.2 Å². The maximum absolute atomic E-state index is 13.2. The molecule has 6 rings (SSSR count). The second-order valence-electron chi connectivity index (χ2n) is 9.35. The van der Waals surface area contributed by atoms with Gasteiger partial charge in [0.15, 0.2) is 0 Å². The highest BCUT2D eigenvalue weighted by atomic mass is 16.5. The summed E-state index contributed by atoms with van der Waals surface area (Å²) in [7, 11) is 0. The van der Waals surface area contributed by atoms with Crippen molar-refractivity contribution < 1.29 is 23.8 Å². The van der Waals surface area contributed by atoms with Crippen molar-refractivity contribution in [3.05, 3.63) is 29.8 Å². The quantitative estimate of drug-likeness (QED) is 0.687. The second-order valence-corrected chi connectivity index (χ2v) is 9.35. The number of hydrogen-bond acceptors (Lipinski definition) is 5. The number of ether oxygens (including phenoxy) is 3. The number of para-hydroxylation sites is 1. The average Bonchev–Trinajstić information content (AvgIpc) is 2.78. The number of piperidine rings is 1. The largest absolute Gasteiger partial charge is 0.493 e. The fourth-order valence-electron chi connectivity index (χ4n) is 5.83. The molecule has 1 N–H and O–H groups in total. The van der Waals surface area contributed by atoms with E-state index in [1.54, 1.807) is 0 Å². The third-order valence-electron chi connectivity index (χ3n) is 7.43. The Labute approximate surface area is 183 Å². The minimum atomic E-state index is -0.565. The summed E-state index contributed by atoms with van der Waals surface area (Å²) in [5.74, 6) is 1.31. The molecule has 1 spiro atoms. The van der Waals surface area contributed by atoms with E-state index in [0.29, 0.717) is 38.7 Å². The zero-order valence-corrected chi connectivity index (χ0v) is 18.0. The summed E-state index contributed by atoms with van der Waals surface area (Å²) in [5, 5.41) is 3.17. The van der Waals surface area contributed by atoms with Crippen LogP contribution in [0.5, 0.6) is 5.75 Å². The lowest BCUT2D eigenvalue weighted by Gasteiger charge is -2.51. The Morgan fingerprint density at radius 2 is 1.94 bits per heavy atom. The minimum Gasteiger partial charge on any atom is -0.493 e. The molecule has 1 saturated carbocycles. The van der Waals surface area contributed by atoms with Gasteiger partial charge < -0.3 is 24.4 Å². The SMILES string of the molecule is O=C1COCC2(CCCN3C(=O)CCOc4ccccc4[C@H]4CC[C@H](CC4)OC[C@H]32)N1. The first-order valence-corrected chi connectivity index (χ1v) is 11.7. The molecule has 3 fully saturated rings. The van der Waals surface area contributed by atoms with E-state index in [0.717, 1.165) is 44.3 Å². The summed E-state index contributed by atoms with van der Waals surface area (Å²) in [6, 6.07) is 8.02. The van der Waals surface area contributed by atoms with Crippen molar-refractivity contribution in [2.75, 3.05) is 33.0 Å². The molecule has 1 aromatic rings. The fraction of sp³-hybridized carbons (Fsp3) is 0.667. The molecule has 1 aromatic carbocycles. The van der Waals surface area contributed by atoms with Gasteiger partial charge in [-0.2, -0.15) is 0 Å². The van der Waals surface area contributed by atoms with E-state index in [-0.39, 0.29) is 30.6 Å². The topological polar surface area (TPSA) is 77.1 Å². The summed E-state index contributed by atoms with van der Waals surface area (Å²) in [6.45, 7) is 1.97. The molecular weight excluding hydrogens is 396 g/mol. The van der Waals surface area contributed by atoms with Crippen molar-refractivity contribution in [1.82, 2.24) is 10.2 Å². The lowest BCUT2D eigenvalue weighted by molar-refractivity contribution is -0.155. The van der Waals surface area contributed by atoms with Crippen LogP contribution in [0.25, 0.3) is 0 Å². The Kier molecular flexibility index (Phi) is 5.89. The van der Waals surface area contributed by atoms with Crippen molar-refractivity contribution in [2.45, 2.75) is 68.5 Å². The molecule has 31 heavy (non-hydrogen) atoms. The molecule has 168 valence electrons. The molecule has 5 aliphatic rings. The smallest absolute Gasteiger partial charge is 0.246 e. The number of carbonyl (C=O) groups is 2. The Bertz CT molecular complexity index is 818. The summed E-state index contributed by atoms with van der Waals surface area (Å²) in [5.41, 5.74) is 0.688. The van der Waals surface area contributed by atoms with Crippen molar-refractivity contribution in [2.24, 2.45) is 0 Å². The van der Waals surface area contributed by atoms with Crippen molar-refractivity contribution in [3.63, 3.8) is 0 Å². The van der Waals surface area contributed by atoms with Gasteiger partial charge in [0.1, 0.15) is 12.4 Å². The monoisotopic (exact) mass is 428 g/mol. The van der Waals surface area contributed by atoms with Crippen molar-refractivity contribution >= 4 is 11.8 Å². The number of carbonyl (C=O) groups excluding carboxylic acids is 2. The zero-order chi connectivity index (χ0) is 21.3. The predicted molar refractivity (Wildman–Crippen MR) is 114 cm³/mol. The fourth-order valence-corrected chi connectivity index (χ4v) is 5.83. The Balaban J connectivity index is 1.41. The van der Waals surface area contributed by atoms with Crippen molar-refractivity contribution in [1.29, 1.82) is 0 Å². The van der Waals surface area contributed by atoms with E-state index in [4.69, 9.17) is 14.2 Å². The normalized spacial score (nSPS) is 34.3. The highest BCUT2D eigenvalue weighted by molar-refractivity contribution is 5.80. The van der Waals surface area contributed by atoms with Crippen LogP contribution < -0.4 is 10.1 Å². The molecule has 0 aromatic heterocycles. The van der Waals surface area contributed by atoms with E-state index >= 15 is 0 Å². The molecular formula is C24H32N2O5. The summed E-state index contributed by atoms with van der Waals surface area (Å²) < 4.78 is 18.2. The summed E-state index contributed by atoms with van der Waals surface area (Å²) in [4.78, 5) is 27.3. The van der Waals surface area contributed by atoms with Crippen LogP contribution in [0.2, 0.25) is 0 Å². The Hall–Kier alpha value is -2.12. The number of amides is 2. The predicted octanol–water partition coefficient (Wildman–Crippen LogP) is 2.39. The maximum atomic E-state index is 13.2. The first-order chi connectivity index (χ1) is 15.1. The van der Waals surface area contributed by atoms with Gasteiger partial charge in [0.25, 0.3) is 0 Å². The lowest BCUT2D eigenvalue weighted by Crippen LogP contribution is -2.72. The lowest BCUT2D eigenvalue weighted by atomic mass is 9.80. The van der Waals surface area contributed by atoms with Crippen LogP contribution in [0.15, 0.2) is 24.3 Å².